The molecule has 0 bridgehead atoms. The Labute approximate surface area is 162 Å². The number of rotatable bonds is 7. The van der Waals surface area contributed by atoms with E-state index in [0.29, 0.717) is 24.4 Å². The van der Waals surface area contributed by atoms with Crippen molar-refractivity contribution in [2.45, 2.75) is 23.9 Å². The summed E-state index contributed by atoms with van der Waals surface area (Å²) in [6.07, 6.45) is 0. The summed E-state index contributed by atoms with van der Waals surface area (Å²) in [4.78, 5) is 17.2. The number of para-hydroxylation sites is 2. The summed E-state index contributed by atoms with van der Waals surface area (Å²) in [6, 6.07) is 16.8. The van der Waals surface area contributed by atoms with Crippen molar-refractivity contribution in [3.8, 4) is 6.07 Å². The number of fused-ring (bicyclic) bond motifs is 1. The number of carbonyl (C=O) groups excluding carboxylic acids is 1. The zero-order chi connectivity index (χ0) is 19.2. The van der Waals surface area contributed by atoms with E-state index in [1.165, 1.54) is 11.8 Å². The molecule has 3 aromatic rings. The number of hydrogen-bond donors (Lipinski definition) is 1. The lowest BCUT2D eigenvalue weighted by Gasteiger charge is -2.13. The molecule has 0 radical (unpaired) electrons. The molecular weight excluding hydrogens is 360 g/mol. The van der Waals surface area contributed by atoms with Crippen LogP contribution in [0.5, 0.6) is 0 Å². The van der Waals surface area contributed by atoms with Crippen LogP contribution in [0.15, 0.2) is 53.7 Å². The van der Waals surface area contributed by atoms with Gasteiger partial charge in [0.15, 0.2) is 5.16 Å². The van der Waals surface area contributed by atoms with E-state index in [0.717, 1.165) is 16.2 Å². The van der Waals surface area contributed by atoms with Gasteiger partial charge in [0.1, 0.15) is 0 Å². The van der Waals surface area contributed by atoms with Gasteiger partial charge in [-0.15, -0.1) is 0 Å². The van der Waals surface area contributed by atoms with Crippen LogP contribution in [0.25, 0.3) is 11.0 Å². The number of thioether (sulfide) groups is 1. The number of aromatic nitrogens is 2. The first-order valence-corrected chi connectivity index (χ1v) is 9.42. The number of nitriles is 1. The highest BCUT2D eigenvalue weighted by molar-refractivity contribution is 8.00. The summed E-state index contributed by atoms with van der Waals surface area (Å²) in [7, 11) is 1.67. The molecule has 1 atom stereocenters. The fraction of sp³-hybridized carbons (Fsp3) is 0.250. The van der Waals surface area contributed by atoms with Crippen LogP contribution in [0.1, 0.15) is 12.5 Å². The van der Waals surface area contributed by atoms with Gasteiger partial charge in [0.2, 0.25) is 5.91 Å². The Hall–Kier alpha value is -2.82. The minimum Gasteiger partial charge on any atom is -0.383 e. The molecule has 6 nitrogen and oxygen atoms in total. The second kappa shape index (κ2) is 8.71. The molecule has 27 heavy (non-hydrogen) atoms. The van der Waals surface area contributed by atoms with Crippen molar-refractivity contribution >= 4 is 34.4 Å². The second-order valence-electron chi connectivity index (χ2n) is 5.97. The van der Waals surface area contributed by atoms with Gasteiger partial charge in [-0.25, -0.2) is 4.98 Å². The topological polar surface area (TPSA) is 79.9 Å². The normalized spacial score (nSPS) is 11.9. The van der Waals surface area contributed by atoms with Gasteiger partial charge >= 0.3 is 0 Å². The lowest BCUT2D eigenvalue weighted by Crippen LogP contribution is -2.23. The molecule has 1 heterocycles. The zero-order valence-electron chi connectivity index (χ0n) is 15.2. The fourth-order valence-corrected chi connectivity index (χ4v) is 3.58. The lowest BCUT2D eigenvalue weighted by molar-refractivity contribution is -0.115. The molecule has 1 aromatic heterocycles. The number of ether oxygens (including phenoxy) is 1. The smallest absolute Gasteiger partial charge is 0.237 e. The van der Waals surface area contributed by atoms with Gasteiger partial charge in [-0.05, 0) is 43.3 Å². The predicted octanol–water partition coefficient (Wildman–Crippen LogP) is 3.67. The molecule has 0 spiro atoms. The van der Waals surface area contributed by atoms with Gasteiger partial charge in [-0.1, -0.05) is 23.9 Å². The summed E-state index contributed by atoms with van der Waals surface area (Å²) in [6.45, 7) is 3.09. The van der Waals surface area contributed by atoms with Crippen molar-refractivity contribution in [2.75, 3.05) is 19.0 Å². The number of amides is 1. The minimum absolute atomic E-state index is 0.116. The summed E-state index contributed by atoms with van der Waals surface area (Å²) in [5.74, 6) is -0.116. The summed E-state index contributed by atoms with van der Waals surface area (Å²) in [5.41, 5.74) is 3.15. The van der Waals surface area contributed by atoms with Gasteiger partial charge in [0.05, 0.1) is 34.5 Å². The van der Waals surface area contributed by atoms with E-state index in [9.17, 15) is 4.79 Å². The lowest BCUT2D eigenvalue weighted by atomic mass is 10.2. The summed E-state index contributed by atoms with van der Waals surface area (Å²) in [5, 5.41) is 12.2. The molecule has 0 saturated carbocycles. The molecule has 7 heteroatoms. The van der Waals surface area contributed by atoms with Crippen molar-refractivity contribution in [1.82, 2.24) is 9.55 Å². The maximum absolute atomic E-state index is 12.6. The average Bonchev–Trinajstić information content (AvgIpc) is 3.03. The number of carbonyl (C=O) groups is 1. The van der Waals surface area contributed by atoms with Crippen LogP contribution in [0.3, 0.4) is 0 Å². The highest BCUT2D eigenvalue weighted by Crippen LogP contribution is 2.28. The van der Waals surface area contributed by atoms with Gasteiger partial charge in [0, 0.05) is 19.3 Å². The third-order valence-corrected chi connectivity index (χ3v) is 5.16. The quantitative estimate of drug-likeness (QED) is 0.633. The van der Waals surface area contributed by atoms with E-state index in [2.05, 4.69) is 20.9 Å². The standard InChI is InChI=1S/C20H20N4O2S/c1-14(19(25)22-16-9-7-15(13-21)8-10-16)27-20-23-17-5-3-4-6-18(17)24(20)11-12-26-2/h3-10,14H,11-12H2,1-2H3,(H,22,25)/t14-/m1/s1. The van der Waals surface area contributed by atoms with Crippen LogP contribution in [0.4, 0.5) is 5.69 Å². The molecule has 1 N–H and O–H groups in total. The third-order valence-electron chi connectivity index (χ3n) is 4.07. The first kappa shape index (κ1) is 19.0. The van der Waals surface area contributed by atoms with E-state index in [4.69, 9.17) is 10.00 Å². The molecular formula is C20H20N4O2S. The number of imidazole rings is 1. The van der Waals surface area contributed by atoms with Crippen LogP contribution < -0.4 is 5.32 Å². The number of nitrogens with one attached hydrogen (secondary N) is 1. The van der Waals surface area contributed by atoms with Crippen LogP contribution in [0.2, 0.25) is 0 Å². The molecule has 138 valence electrons. The number of benzene rings is 2. The van der Waals surface area contributed by atoms with E-state index in [-0.39, 0.29) is 11.2 Å². The highest BCUT2D eigenvalue weighted by atomic mass is 32.2. The first-order valence-electron chi connectivity index (χ1n) is 8.54. The molecule has 0 saturated heterocycles. The Morgan fingerprint density at radius 2 is 2.04 bits per heavy atom. The zero-order valence-corrected chi connectivity index (χ0v) is 16.0. The Bertz CT molecular complexity index is 976. The SMILES string of the molecule is COCCn1c(S[C@H](C)C(=O)Nc2ccc(C#N)cc2)nc2ccccc21. The number of nitrogens with zero attached hydrogens (tertiary/aromatic N) is 3. The first-order chi connectivity index (χ1) is 13.1. The Morgan fingerprint density at radius 1 is 1.30 bits per heavy atom. The molecule has 3 rings (SSSR count). The minimum atomic E-state index is -0.334. The maximum Gasteiger partial charge on any atom is 0.237 e. The predicted molar refractivity (Wildman–Crippen MR) is 107 cm³/mol. The van der Waals surface area contributed by atoms with Crippen LogP contribution in [-0.4, -0.2) is 34.4 Å². The molecule has 0 aliphatic heterocycles. The van der Waals surface area contributed by atoms with Crippen molar-refractivity contribution < 1.29 is 9.53 Å². The fourth-order valence-electron chi connectivity index (χ4n) is 2.63. The van der Waals surface area contributed by atoms with Crippen LogP contribution in [0, 0.1) is 11.3 Å². The Kier molecular flexibility index (Phi) is 6.12. The van der Waals surface area contributed by atoms with E-state index < -0.39 is 0 Å². The van der Waals surface area contributed by atoms with Crippen molar-refractivity contribution in [3.05, 3.63) is 54.1 Å². The molecule has 0 aliphatic rings. The van der Waals surface area contributed by atoms with E-state index in [1.807, 2.05) is 31.2 Å². The number of methoxy groups -OCH3 is 1. The number of anilines is 1. The average molecular weight is 380 g/mol. The maximum atomic E-state index is 12.6. The third kappa shape index (κ3) is 4.48. The van der Waals surface area contributed by atoms with Crippen molar-refractivity contribution in [3.63, 3.8) is 0 Å². The molecule has 1 amide bonds. The van der Waals surface area contributed by atoms with E-state index in [1.54, 1.807) is 31.4 Å². The van der Waals surface area contributed by atoms with Gasteiger partial charge in [-0.3, -0.25) is 4.79 Å². The number of hydrogen-bond acceptors (Lipinski definition) is 5. The Balaban J connectivity index is 1.75. The van der Waals surface area contributed by atoms with E-state index >= 15 is 0 Å². The monoisotopic (exact) mass is 380 g/mol. The van der Waals surface area contributed by atoms with Gasteiger partial charge in [0.25, 0.3) is 0 Å². The summed E-state index contributed by atoms with van der Waals surface area (Å²) < 4.78 is 7.29. The van der Waals surface area contributed by atoms with Crippen molar-refractivity contribution in [2.24, 2.45) is 0 Å². The molecule has 0 fully saturated rings. The molecule has 0 aliphatic carbocycles. The second-order valence-corrected chi connectivity index (χ2v) is 7.27. The summed E-state index contributed by atoms with van der Waals surface area (Å²) >= 11 is 1.41. The molecule has 0 unspecified atom stereocenters. The Morgan fingerprint density at radius 3 is 2.74 bits per heavy atom. The largest absolute Gasteiger partial charge is 0.383 e. The van der Waals surface area contributed by atoms with Crippen LogP contribution in [-0.2, 0) is 16.1 Å². The van der Waals surface area contributed by atoms with Gasteiger partial charge in [-0.2, -0.15) is 5.26 Å². The van der Waals surface area contributed by atoms with Crippen LogP contribution >= 0.6 is 11.8 Å². The van der Waals surface area contributed by atoms with Gasteiger partial charge < -0.3 is 14.6 Å². The highest BCUT2D eigenvalue weighted by Gasteiger charge is 2.19. The molecule has 2 aromatic carbocycles. The van der Waals surface area contributed by atoms with Crippen molar-refractivity contribution in [1.29, 1.82) is 5.26 Å².